The Balaban J connectivity index is 1.79. The van der Waals surface area contributed by atoms with Gasteiger partial charge in [0.05, 0.1) is 12.3 Å². The second-order valence-corrected chi connectivity index (χ2v) is 5.60. The Kier molecular flexibility index (Phi) is 3.40. The molecule has 2 aliphatic heterocycles. The fourth-order valence-electron chi connectivity index (χ4n) is 3.13. The van der Waals surface area contributed by atoms with E-state index >= 15 is 0 Å². The smallest absolute Gasteiger partial charge is 0.494 e. The molecule has 2 aromatic carbocycles. The van der Waals surface area contributed by atoms with Crippen LogP contribution in [-0.2, 0) is 0 Å². The lowest BCUT2D eigenvalue weighted by Crippen LogP contribution is -2.25. The molecule has 124 valence electrons. The van der Waals surface area contributed by atoms with Crippen LogP contribution in [0.4, 0.5) is 14.5 Å². The maximum absolute atomic E-state index is 13.3. The van der Waals surface area contributed by atoms with Crippen molar-refractivity contribution in [3.63, 3.8) is 0 Å². The van der Waals surface area contributed by atoms with Crippen LogP contribution in [-0.4, -0.2) is 19.1 Å². The maximum atomic E-state index is 13.3. The third kappa shape index (κ3) is 2.48. The van der Waals surface area contributed by atoms with Gasteiger partial charge in [-0.05, 0) is 31.0 Å². The van der Waals surface area contributed by atoms with Gasteiger partial charge in [-0.25, -0.2) is 0 Å². The molecule has 0 aliphatic carbocycles. The Labute approximate surface area is 137 Å². The first-order valence-corrected chi connectivity index (χ1v) is 7.75. The van der Waals surface area contributed by atoms with E-state index in [9.17, 15) is 8.78 Å². The van der Waals surface area contributed by atoms with Crippen LogP contribution in [0.15, 0.2) is 41.4 Å². The van der Waals surface area contributed by atoms with Gasteiger partial charge in [0.15, 0.2) is 11.5 Å². The monoisotopic (exact) mass is 331 g/mol. The van der Waals surface area contributed by atoms with Gasteiger partial charge in [-0.2, -0.15) is 0 Å². The van der Waals surface area contributed by atoms with Gasteiger partial charge in [-0.15, -0.1) is 8.78 Å². The Morgan fingerprint density at radius 1 is 1.17 bits per heavy atom. The fraction of sp³-hybridized carbons (Fsp3) is 0.278. The van der Waals surface area contributed by atoms with Crippen molar-refractivity contribution in [2.75, 3.05) is 6.61 Å². The lowest BCUT2D eigenvalue weighted by molar-refractivity contribution is -0.286. The molecular formula is C18H15F2NO3. The fourth-order valence-corrected chi connectivity index (χ4v) is 3.13. The van der Waals surface area contributed by atoms with Crippen molar-refractivity contribution >= 4 is 11.9 Å². The van der Waals surface area contributed by atoms with E-state index < -0.39 is 6.29 Å². The van der Waals surface area contributed by atoms with Gasteiger partial charge in [-0.3, -0.25) is 4.99 Å². The predicted octanol–water partition coefficient (Wildman–Crippen LogP) is 4.64. The number of hydrogen-bond donors (Lipinski definition) is 0. The molecule has 1 atom stereocenters. The molecule has 0 saturated carbocycles. The van der Waals surface area contributed by atoms with Crippen LogP contribution in [0, 0.1) is 0 Å². The van der Waals surface area contributed by atoms with Crippen molar-refractivity contribution in [3.8, 4) is 17.2 Å². The van der Waals surface area contributed by atoms with E-state index in [4.69, 9.17) is 4.74 Å². The van der Waals surface area contributed by atoms with E-state index in [1.54, 1.807) is 12.3 Å². The molecule has 2 aromatic rings. The number of hydrogen-bond acceptors (Lipinski definition) is 4. The van der Waals surface area contributed by atoms with Gasteiger partial charge in [0, 0.05) is 23.8 Å². The largest absolute Gasteiger partial charge is 0.586 e. The van der Waals surface area contributed by atoms with Gasteiger partial charge in [0.25, 0.3) is 0 Å². The summed E-state index contributed by atoms with van der Waals surface area (Å²) in [6, 6.07) is 10.8. The summed E-state index contributed by atoms with van der Waals surface area (Å²) in [6.07, 6.45) is -1.18. The van der Waals surface area contributed by atoms with Crippen molar-refractivity contribution in [2.24, 2.45) is 4.99 Å². The number of alkyl halides is 2. The lowest BCUT2D eigenvalue weighted by Gasteiger charge is -2.23. The van der Waals surface area contributed by atoms with Gasteiger partial charge in [0.2, 0.25) is 0 Å². The number of aliphatic imine (C=N–C) groups is 1. The third-order valence-electron chi connectivity index (χ3n) is 4.09. The quantitative estimate of drug-likeness (QED) is 0.822. The highest BCUT2D eigenvalue weighted by Gasteiger charge is 2.44. The zero-order valence-corrected chi connectivity index (χ0v) is 13.0. The average Bonchev–Trinajstić information content (AvgIpc) is 2.86. The Morgan fingerprint density at radius 3 is 2.71 bits per heavy atom. The molecule has 4 rings (SSSR count). The number of rotatable bonds is 3. The minimum Gasteiger partial charge on any atom is -0.494 e. The average molecular weight is 331 g/mol. The summed E-state index contributed by atoms with van der Waals surface area (Å²) >= 11 is 0. The van der Waals surface area contributed by atoms with Gasteiger partial charge in [0.1, 0.15) is 5.75 Å². The van der Waals surface area contributed by atoms with Crippen molar-refractivity contribution in [3.05, 3.63) is 47.5 Å². The highest BCUT2D eigenvalue weighted by Crippen LogP contribution is 2.49. The normalized spacial score (nSPS) is 19.9. The molecule has 2 aliphatic rings. The molecule has 0 amide bonds. The molecular weight excluding hydrogens is 316 g/mol. The van der Waals surface area contributed by atoms with E-state index in [2.05, 4.69) is 14.5 Å². The topological polar surface area (TPSA) is 40.0 Å². The van der Waals surface area contributed by atoms with Crippen LogP contribution in [0.3, 0.4) is 0 Å². The zero-order valence-electron chi connectivity index (χ0n) is 13.0. The Bertz CT molecular complexity index is 820. The lowest BCUT2D eigenvalue weighted by atomic mass is 9.85. The molecule has 2 heterocycles. The van der Waals surface area contributed by atoms with Crippen molar-refractivity contribution in [1.29, 1.82) is 0 Å². The molecule has 0 spiro atoms. The molecule has 0 saturated heterocycles. The first kappa shape index (κ1) is 14.9. The molecule has 24 heavy (non-hydrogen) atoms. The number of fused-ring (bicyclic) bond motifs is 2. The van der Waals surface area contributed by atoms with Gasteiger partial charge in [-0.1, -0.05) is 18.2 Å². The highest BCUT2D eigenvalue weighted by atomic mass is 19.3. The number of ether oxygens (including phenoxy) is 3. The summed E-state index contributed by atoms with van der Waals surface area (Å²) in [5.41, 5.74) is 2.43. The number of nitrogens with zero attached hydrogens (tertiary/aromatic N) is 1. The first-order valence-electron chi connectivity index (χ1n) is 7.75. The van der Waals surface area contributed by atoms with E-state index in [0.717, 1.165) is 16.9 Å². The molecule has 0 N–H and O–H groups in total. The predicted molar refractivity (Wildman–Crippen MR) is 84.9 cm³/mol. The summed E-state index contributed by atoms with van der Waals surface area (Å²) in [5, 5.41) is 0. The van der Waals surface area contributed by atoms with Gasteiger partial charge >= 0.3 is 6.29 Å². The second-order valence-electron chi connectivity index (χ2n) is 5.60. The van der Waals surface area contributed by atoms with Crippen molar-refractivity contribution < 1.29 is 23.0 Å². The SMILES string of the molecule is CCOc1ccccc1C1CC=Nc2cc3c(cc21)OC(F)(F)O3. The van der Waals surface area contributed by atoms with E-state index in [0.29, 0.717) is 18.7 Å². The molecule has 6 heteroatoms. The van der Waals surface area contributed by atoms with E-state index in [1.165, 1.54) is 6.07 Å². The zero-order chi connectivity index (χ0) is 16.7. The molecule has 0 radical (unpaired) electrons. The molecule has 4 nitrogen and oxygen atoms in total. The van der Waals surface area contributed by atoms with Crippen LogP contribution in [0.5, 0.6) is 17.2 Å². The number of para-hydroxylation sites is 1. The first-order chi connectivity index (χ1) is 11.6. The van der Waals surface area contributed by atoms with E-state index in [-0.39, 0.29) is 17.4 Å². The molecule has 0 bridgehead atoms. The third-order valence-corrected chi connectivity index (χ3v) is 4.09. The standard InChI is InChI=1S/C18H15F2NO3/c1-2-22-15-6-4-3-5-12(15)11-7-8-21-14-10-17-16(9-13(11)14)23-18(19,20)24-17/h3-6,8-11H,2,7H2,1H3. The summed E-state index contributed by atoms with van der Waals surface area (Å²) in [6.45, 7) is 2.48. The maximum Gasteiger partial charge on any atom is 0.586 e. The summed E-state index contributed by atoms with van der Waals surface area (Å²) in [4.78, 5) is 4.32. The summed E-state index contributed by atoms with van der Waals surface area (Å²) in [7, 11) is 0. The van der Waals surface area contributed by atoms with Crippen molar-refractivity contribution in [2.45, 2.75) is 25.6 Å². The van der Waals surface area contributed by atoms with Crippen LogP contribution in [0.25, 0.3) is 0 Å². The number of halogens is 2. The van der Waals surface area contributed by atoms with Crippen LogP contribution < -0.4 is 14.2 Å². The summed E-state index contributed by atoms with van der Waals surface area (Å²) < 4.78 is 41.4. The minimum atomic E-state index is -3.63. The molecule has 0 aromatic heterocycles. The molecule has 1 unspecified atom stereocenters. The van der Waals surface area contributed by atoms with E-state index in [1.807, 2.05) is 31.2 Å². The Morgan fingerprint density at radius 2 is 1.92 bits per heavy atom. The van der Waals surface area contributed by atoms with Gasteiger partial charge < -0.3 is 14.2 Å². The van der Waals surface area contributed by atoms with Crippen LogP contribution >= 0.6 is 0 Å². The van der Waals surface area contributed by atoms with Crippen LogP contribution in [0.2, 0.25) is 0 Å². The Hall–Kier alpha value is -2.63. The minimum absolute atomic E-state index is 0.00893. The summed E-state index contributed by atoms with van der Waals surface area (Å²) in [5.74, 6) is 0.794. The highest BCUT2D eigenvalue weighted by molar-refractivity contribution is 5.75. The number of benzene rings is 2. The van der Waals surface area contributed by atoms with Crippen molar-refractivity contribution in [1.82, 2.24) is 0 Å². The molecule has 0 fully saturated rings. The second kappa shape index (κ2) is 5.47. The van der Waals surface area contributed by atoms with Crippen LogP contribution in [0.1, 0.15) is 30.4 Å².